The quantitative estimate of drug-likeness (QED) is 0.565. The van der Waals surface area contributed by atoms with E-state index in [2.05, 4.69) is 4.98 Å². The zero-order chi connectivity index (χ0) is 22.0. The summed E-state index contributed by atoms with van der Waals surface area (Å²) < 4.78 is 1.50. The first-order valence-corrected chi connectivity index (χ1v) is 10.8. The number of halogens is 3. The van der Waals surface area contributed by atoms with E-state index < -0.39 is 0 Å². The van der Waals surface area contributed by atoms with E-state index >= 15 is 0 Å². The van der Waals surface area contributed by atoms with Gasteiger partial charge in [0.05, 0.1) is 22.2 Å². The number of benzene rings is 1. The number of hydrogen-bond donors (Lipinski definition) is 0. The molecule has 1 aliphatic rings. The summed E-state index contributed by atoms with van der Waals surface area (Å²) in [5, 5.41) is 1.55. The summed E-state index contributed by atoms with van der Waals surface area (Å²) in [4.78, 5) is 33.4. The van der Waals surface area contributed by atoms with E-state index in [9.17, 15) is 9.59 Å². The van der Waals surface area contributed by atoms with Gasteiger partial charge in [0.1, 0.15) is 5.82 Å². The van der Waals surface area contributed by atoms with Gasteiger partial charge in [-0.15, -0.1) is 0 Å². The lowest BCUT2D eigenvalue weighted by atomic mass is 10.2. The zero-order valence-electron chi connectivity index (χ0n) is 16.5. The molecule has 9 heteroatoms. The average molecular weight is 478 g/mol. The molecule has 0 N–H and O–H groups in total. The molecule has 1 fully saturated rings. The molecular weight excluding hydrogens is 459 g/mol. The minimum absolute atomic E-state index is 0.122. The van der Waals surface area contributed by atoms with Gasteiger partial charge in [-0.2, -0.15) is 0 Å². The van der Waals surface area contributed by atoms with Crippen molar-refractivity contribution in [3.63, 3.8) is 0 Å². The van der Waals surface area contributed by atoms with Gasteiger partial charge in [-0.1, -0.05) is 53.0 Å². The van der Waals surface area contributed by atoms with Gasteiger partial charge in [-0.25, -0.2) is 4.98 Å². The van der Waals surface area contributed by atoms with Crippen LogP contribution in [-0.2, 0) is 6.54 Å². The molecule has 2 aromatic heterocycles. The molecule has 0 aliphatic carbocycles. The first kappa shape index (κ1) is 21.7. The van der Waals surface area contributed by atoms with Gasteiger partial charge >= 0.3 is 0 Å². The van der Waals surface area contributed by atoms with Gasteiger partial charge < -0.3 is 14.4 Å². The van der Waals surface area contributed by atoms with Gasteiger partial charge in [0.15, 0.2) is 0 Å². The molecule has 6 nitrogen and oxygen atoms in total. The largest absolute Gasteiger partial charge is 0.352 e. The number of hydrogen-bond acceptors (Lipinski definition) is 4. The van der Waals surface area contributed by atoms with Crippen LogP contribution in [0.1, 0.15) is 15.9 Å². The number of aromatic nitrogens is 2. The highest BCUT2D eigenvalue weighted by atomic mass is 35.5. The monoisotopic (exact) mass is 476 g/mol. The number of pyridine rings is 2. The average Bonchev–Trinajstić information content (AvgIpc) is 2.76. The van der Waals surface area contributed by atoms with Crippen LogP contribution in [0.15, 0.2) is 59.7 Å². The Labute approximate surface area is 194 Å². The van der Waals surface area contributed by atoms with Crippen molar-refractivity contribution in [1.29, 1.82) is 0 Å². The Kier molecular flexibility index (Phi) is 6.51. The van der Waals surface area contributed by atoms with Crippen LogP contribution < -0.4 is 10.5 Å². The molecule has 0 spiro atoms. The second-order valence-corrected chi connectivity index (χ2v) is 8.46. The van der Waals surface area contributed by atoms with E-state index in [-0.39, 0.29) is 11.5 Å². The Morgan fingerprint density at radius 1 is 0.968 bits per heavy atom. The van der Waals surface area contributed by atoms with Crippen molar-refractivity contribution in [2.45, 2.75) is 6.54 Å². The number of piperazine rings is 1. The molecule has 4 rings (SSSR count). The number of carbonyl (C=O) groups is 1. The summed E-state index contributed by atoms with van der Waals surface area (Å²) in [6.45, 7) is 2.53. The van der Waals surface area contributed by atoms with Crippen molar-refractivity contribution >= 4 is 46.5 Å². The van der Waals surface area contributed by atoms with E-state index in [1.165, 1.54) is 10.6 Å². The topological polar surface area (TPSA) is 58.4 Å². The Morgan fingerprint density at radius 2 is 1.71 bits per heavy atom. The molecule has 0 saturated carbocycles. The molecule has 160 valence electrons. The molecular formula is C22H19Cl3N4O2. The molecule has 31 heavy (non-hydrogen) atoms. The lowest BCUT2D eigenvalue weighted by Gasteiger charge is -2.35. The maximum absolute atomic E-state index is 13.0. The fraction of sp³-hybridized carbons (Fsp3) is 0.227. The van der Waals surface area contributed by atoms with Crippen LogP contribution in [0.4, 0.5) is 5.82 Å². The Bertz CT molecular complexity index is 1170. The molecule has 0 bridgehead atoms. The van der Waals surface area contributed by atoms with Gasteiger partial charge in [0.25, 0.3) is 11.5 Å². The first-order chi connectivity index (χ1) is 14.9. The number of anilines is 1. The molecule has 1 saturated heterocycles. The Hall–Kier alpha value is -2.54. The van der Waals surface area contributed by atoms with E-state index in [4.69, 9.17) is 34.8 Å². The maximum Gasteiger partial charge on any atom is 0.255 e. The molecule has 0 unspecified atom stereocenters. The van der Waals surface area contributed by atoms with Crippen LogP contribution in [0.3, 0.4) is 0 Å². The molecule has 3 heterocycles. The van der Waals surface area contributed by atoms with Gasteiger partial charge in [0.2, 0.25) is 0 Å². The van der Waals surface area contributed by atoms with Crippen molar-refractivity contribution in [3.05, 3.63) is 91.4 Å². The van der Waals surface area contributed by atoms with Crippen molar-refractivity contribution in [2.24, 2.45) is 0 Å². The lowest BCUT2D eigenvalue weighted by Crippen LogP contribution is -2.49. The van der Waals surface area contributed by atoms with E-state index in [0.717, 1.165) is 5.56 Å². The molecule has 0 radical (unpaired) electrons. The minimum Gasteiger partial charge on any atom is -0.352 e. The predicted molar refractivity (Wildman–Crippen MR) is 124 cm³/mol. The summed E-state index contributed by atoms with van der Waals surface area (Å²) in [5.74, 6) is 0.536. The third kappa shape index (κ3) is 4.87. The number of rotatable bonds is 4. The van der Waals surface area contributed by atoms with Crippen molar-refractivity contribution in [1.82, 2.24) is 14.5 Å². The summed E-state index contributed by atoms with van der Waals surface area (Å²) >= 11 is 18.4. The molecule has 1 aliphatic heterocycles. The van der Waals surface area contributed by atoms with Gasteiger partial charge in [0, 0.05) is 49.7 Å². The highest BCUT2D eigenvalue weighted by molar-refractivity contribution is 6.36. The zero-order valence-corrected chi connectivity index (χ0v) is 18.7. The summed E-state index contributed by atoms with van der Waals surface area (Å²) in [6, 6.07) is 12.0. The summed E-state index contributed by atoms with van der Waals surface area (Å²) in [5.41, 5.74) is 1.09. The fourth-order valence-electron chi connectivity index (χ4n) is 3.54. The van der Waals surface area contributed by atoms with Crippen LogP contribution in [0, 0.1) is 0 Å². The van der Waals surface area contributed by atoms with E-state index in [1.807, 2.05) is 23.1 Å². The van der Waals surface area contributed by atoms with Crippen LogP contribution >= 0.6 is 34.8 Å². The highest BCUT2D eigenvalue weighted by Gasteiger charge is 2.24. The smallest absolute Gasteiger partial charge is 0.255 e. The van der Waals surface area contributed by atoms with Crippen molar-refractivity contribution in [3.8, 4) is 0 Å². The normalized spacial score (nSPS) is 14.0. The maximum atomic E-state index is 13.0. The third-order valence-electron chi connectivity index (χ3n) is 5.18. The number of nitrogens with zero attached hydrogens (tertiary/aromatic N) is 4. The summed E-state index contributed by atoms with van der Waals surface area (Å²) in [6.07, 6.45) is 3.15. The third-order valence-corrected chi connectivity index (χ3v) is 6.04. The predicted octanol–water partition coefficient (Wildman–Crippen LogP) is 4.21. The highest BCUT2D eigenvalue weighted by Crippen LogP contribution is 2.27. The van der Waals surface area contributed by atoms with Crippen LogP contribution in [-0.4, -0.2) is 46.5 Å². The minimum atomic E-state index is -0.190. The second-order valence-electron chi connectivity index (χ2n) is 7.21. The van der Waals surface area contributed by atoms with Gasteiger partial charge in [-0.05, 0) is 23.8 Å². The lowest BCUT2D eigenvalue weighted by molar-refractivity contribution is 0.0745. The van der Waals surface area contributed by atoms with Crippen LogP contribution in [0.25, 0.3) is 0 Å². The standard InChI is InChI=1S/C22H19Cl3N4O2/c23-17-11-19(25)21(26-12-17)27-7-9-28(10-8-27)22(31)16-5-6-20(30)29(14-16)13-15-3-1-2-4-18(15)24/h1-6,11-12,14H,7-10,13H2. The van der Waals surface area contributed by atoms with E-state index in [0.29, 0.717) is 59.2 Å². The number of amides is 1. The number of carbonyl (C=O) groups excluding carboxylic acids is 1. The summed E-state index contributed by atoms with van der Waals surface area (Å²) in [7, 11) is 0. The molecule has 1 amide bonds. The second kappa shape index (κ2) is 9.30. The van der Waals surface area contributed by atoms with E-state index in [1.54, 1.807) is 35.5 Å². The Balaban J connectivity index is 1.46. The Morgan fingerprint density at radius 3 is 2.42 bits per heavy atom. The SMILES string of the molecule is O=C(c1ccc(=O)n(Cc2ccccc2Cl)c1)N1CCN(c2ncc(Cl)cc2Cl)CC1. The molecule has 1 aromatic carbocycles. The van der Waals surface area contributed by atoms with Crippen molar-refractivity contribution in [2.75, 3.05) is 31.1 Å². The molecule has 0 atom stereocenters. The molecule has 3 aromatic rings. The fourth-order valence-corrected chi connectivity index (χ4v) is 4.23. The first-order valence-electron chi connectivity index (χ1n) is 9.71. The van der Waals surface area contributed by atoms with Crippen LogP contribution in [0.5, 0.6) is 0 Å². The van der Waals surface area contributed by atoms with Crippen molar-refractivity contribution < 1.29 is 4.79 Å². The van der Waals surface area contributed by atoms with Gasteiger partial charge in [-0.3, -0.25) is 9.59 Å². The van der Waals surface area contributed by atoms with Crippen LogP contribution in [0.2, 0.25) is 15.1 Å².